The van der Waals surface area contributed by atoms with Gasteiger partial charge in [0.1, 0.15) is 0 Å². The predicted molar refractivity (Wildman–Crippen MR) is 69.9 cm³/mol. The Balaban J connectivity index is 1.70. The van der Waals surface area contributed by atoms with Crippen molar-refractivity contribution in [3.8, 4) is 0 Å². The normalized spacial score (nSPS) is 23.8. The molecule has 1 saturated carbocycles. The van der Waals surface area contributed by atoms with Crippen LogP contribution >= 0.6 is 0 Å². The smallest absolute Gasteiger partial charge is 0.371 e. The second-order valence-corrected chi connectivity index (χ2v) is 5.31. The first-order valence-corrected chi connectivity index (χ1v) is 6.72. The first kappa shape index (κ1) is 13.0. The fourth-order valence-electron chi connectivity index (χ4n) is 2.57. The zero-order valence-corrected chi connectivity index (χ0v) is 10.8. The molecule has 0 atom stereocenters. The Morgan fingerprint density at radius 2 is 2.11 bits per heavy atom. The van der Waals surface area contributed by atoms with E-state index >= 15 is 0 Å². The maximum absolute atomic E-state index is 10.6. The summed E-state index contributed by atoms with van der Waals surface area (Å²) in [7, 11) is 0. The Labute approximate surface area is 107 Å². The van der Waals surface area contributed by atoms with E-state index in [1.165, 1.54) is 31.7 Å². The fourth-order valence-corrected chi connectivity index (χ4v) is 2.57. The molecule has 0 unspecified atom stereocenters. The number of anilines is 1. The molecule has 18 heavy (non-hydrogen) atoms. The van der Waals surface area contributed by atoms with Crippen molar-refractivity contribution in [3.63, 3.8) is 0 Å². The molecule has 1 aromatic heterocycles. The standard InChI is InChI=1S/C14H21NO3/c1-10-2-4-11(5-3-10)8-9-15-13-7-6-12(18-13)14(16)17/h6-7,10-11,15H,2-5,8-9H2,1H3,(H,16,17). The van der Waals surface area contributed by atoms with E-state index in [0.717, 1.165) is 24.8 Å². The second-order valence-electron chi connectivity index (χ2n) is 5.31. The molecule has 2 rings (SSSR count). The van der Waals surface area contributed by atoms with Crippen molar-refractivity contribution in [1.82, 2.24) is 0 Å². The summed E-state index contributed by atoms with van der Waals surface area (Å²) in [5.41, 5.74) is 0. The highest BCUT2D eigenvalue weighted by atomic mass is 16.4. The lowest BCUT2D eigenvalue weighted by Crippen LogP contribution is -2.15. The van der Waals surface area contributed by atoms with Gasteiger partial charge in [-0.2, -0.15) is 0 Å². The number of rotatable bonds is 5. The van der Waals surface area contributed by atoms with Gasteiger partial charge in [0.15, 0.2) is 5.88 Å². The van der Waals surface area contributed by atoms with Crippen LogP contribution in [0.25, 0.3) is 0 Å². The van der Waals surface area contributed by atoms with Crippen molar-refractivity contribution >= 4 is 11.9 Å². The van der Waals surface area contributed by atoms with Crippen LogP contribution in [0.5, 0.6) is 0 Å². The van der Waals surface area contributed by atoms with E-state index in [1.54, 1.807) is 6.07 Å². The number of carboxylic acid groups (broad SMARTS) is 1. The molecular formula is C14H21NO3. The first-order chi connectivity index (χ1) is 8.65. The van der Waals surface area contributed by atoms with Gasteiger partial charge in [-0.25, -0.2) is 4.79 Å². The molecule has 1 aliphatic carbocycles. The lowest BCUT2D eigenvalue weighted by atomic mass is 9.81. The summed E-state index contributed by atoms with van der Waals surface area (Å²) in [5.74, 6) is 1.21. The van der Waals surface area contributed by atoms with E-state index in [-0.39, 0.29) is 5.76 Å². The Morgan fingerprint density at radius 3 is 2.72 bits per heavy atom. The number of nitrogens with one attached hydrogen (secondary N) is 1. The van der Waals surface area contributed by atoms with Crippen LogP contribution in [0.15, 0.2) is 16.5 Å². The van der Waals surface area contributed by atoms with Gasteiger partial charge in [0.2, 0.25) is 5.76 Å². The lowest BCUT2D eigenvalue weighted by Gasteiger charge is -2.26. The van der Waals surface area contributed by atoms with Crippen molar-refractivity contribution in [2.45, 2.75) is 39.0 Å². The Hall–Kier alpha value is -1.45. The minimum atomic E-state index is -1.02. The Kier molecular flexibility index (Phi) is 4.28. The average molecular weight is 251 g/mol. The van der Waals surface area contributed by atoms with Gasteiger partial charge in [0.05, 0.1) is 0 Å². The van der Waals surface area contributed by atoms with Crippen molar-refractivity contribution in [1.29, 1.82) is 0 Å². The fraction of sp³-hybridized carbons (Fsp3) is 0.643. The molecule has 1 fully saturated rings. The summed E-state index contributed by atoms with van der Waals surface area (Å²) in [6.07, 6.45) is 6.46. The van der Waals surface area contributed by atoms with Gasteiger partial charge >= 0.3 is 5.97 Å². The minimum absolute atomic E-state index is 0.0102. The summed E-state index contributed by atoms with van der Waals surface area (Å²) < 4.78 is 5.14. The summed E-state index contributed by atoms with van der Waals surface area (Å²) in [5, 5.41) is 11.9. The van der Waals surface area contributed by atoms with Gasteiger partial charge in [0, 0.05) is 12.6 Å². The van der Waals surface area contributed by atoms with Gasteiger partial charge in [-0.3, -0.25) is 0 Å². The molecule has 0 amide bonds. The number of hydrogen-bond donors (Lipinski definition) is 2. The van der Waals surface area contributed by atoms with Gasteiger partial charge in [-0.1, -0.05) is 32.6 Å². The maximum atomic E-state index is 10.6. The Morgan fingerprint density at radius 1 is 1.39 bits per heavy atom. The maximum Gasteiger partial charge on any atom is 0.371 e. The molecule has 1 aromatic rings. The topological polar surface area (TPSA) is 62.5 Å². The summed E-state index contributed by atoms with van der Waals surface area (Å²) >= 11 is 0. The van der Waals surface area contributed by atoms with E-state index < -0.39 is 5.97 Å². The highest BCUT2D eigenvalue weighted by Gasteiger charge is 2.17. The number of carboxylic acids is 1. The number of carbonyl (C=O) groups is 1. The highest BCUT2D eigenvalue weighted by molar-refractivity contribution is 5.84. The highest BCUT2D eigenvalue weighted by Crippen LogP contribution is 2.30. The van der Waals surface area contributed by atoms with E-state index in [0.29, 0.717) is 5.88 Å². The first-order valence-electron chi connectivity index (χ1n) is 6.72. The van der Waals surface area contributed by atoms with E-state index in [1.807, 2.05) is 0 Å². The molecule has 4 heteroatoms. The van der Waals surface area contributed by atoms with Gasteiger partial charge in [0.25, 0.3) is 0 Å². The SMILES string of the molecule is CC1CCC(CCNc2ccc(C(=O)O)o2)CC1. The second kappa shape index (κ2) is 5.94. The quantitative estimate of drug-likeness (QED) is 0.839. The summed E-state index contributed by atoms with van der Waals surface area (Å²) in [4.78, 5) is 10.6. The monoisotopic (exact) mass is 251 g/mol. The molecule has 1 aliphatic rings. The van der Waals surface area contributed by atoms with Gasteiger partial charge in [-0.15, -0.1) is 0 Å². The Bertz CT molecular complexity index is 391. The number of furan rings is 1. The zero-order chi connectivity index (χ0) is 13.0. The molecule has 0 bridgehead atoms. The number of aromatic carboxylic acids is 1. The van der Waals surface area contributed by atoms with Gasteiger partial charge in [-0.05, 0) is 24.3 Å². The molecule has 4 nitrogen and oxygen atoms in total. The van der Waals surface area contributed by atoms with Crippen LogP contribution in [0.3, 0.4) is 0 Å². The van der Waals surface area contributed by atoms with Crippen LogP contribution in [-0.2, 0) is 0 Å². The van der Waals surface area contributed by atoms with E-state index in [9.17, 15) is 4.79 Å². The largest absolute Gasteiger partial charge is 0.475 e. The van der Waals surface area contributed by atoms with Crippen LogP contribution in [0.2, 0.25) is 0 Å². The van der Waals surface area contributed by atoms with Crippen LogP contribution in [0, 0.1) is 11.8 Å². The van der Waals surface area contributed by atoms with Crippen molar-refractivity contribution in [2.24, 2.45) is 11.8 Å². The van der Waals surface area contributed by atoms with Crippen LogP contribution < -0.4 is 5.32 Å². The summed E-state index contributed by atoms with van der Waals surface area (Å²) in [6, 6.07) is 3.15. The molecule has 0 aliphatic heterocycles. The molecular weight excluding hydrogens is 230 g/mol. The average Bonchev–Trinajstić information content (AvgIpc) is 2.81. The van der Waals surface area contributed by atoms with E-state index in [2.05, 4.69) is 12.2 Å². The van der Waals surface area contributed by atoms with Crippen molar-refractivity contribution in [3.05, 3.63) is 17.9 Å². The lowest BCUT2D eigenvalue weighted by molar-refractivity contribution is 0.0663. The predicted octanol–water partition coefficient (Wildman–Crippen LogP) is 3.61. The van der Waals surface area contributed by atoms with Crippen LogP contribution in [-0.4, -0.2) is 17.6 Å². The molecule has 0 saturated heterocycles. The molecule has 0 aromatic carbocycles. The third kappa shape index (κ3) is 3.52. The van der Waals surface area contributed by atoms with Crippen molar-refractivity contribution in [2.75, 3.05) is 11.9 Å². The molecule has 2 N–H and O–H groups in total. The third-order valence-electron chi connectivity index (χ3n) is 3.80. The minimum Gasteiger partial charge on any atom is -0.475 e. The number of hydrogen-bond acceptors (Lipinski definition) is 3. The zero-order valence-electron chi connectivity index (χ0n) is 10.8. The molecule has 0 radical (unpaired) electrons. The van der Waals surface area contributed by atoms with Crippen LogP contribution in [0.4, 0.5) is 5.88 Å². The van der Waals surface area contributed by atoms with Crippen LogP contribution in [0.1, 0.15) is 49.6 Å². The third-order valence-corrected chi connectivity index (χ3v) is 3.80. The molecule has 1 heterocycles. The summed E-state index contributed by atoms with van der Waals surface area (Å²) in [6.45, 7) is 3.18. The van der Waals surface area contributed by atoms with E-state index in [4.69, 9.17) is 9.52 Å². The van der Waals surface area contributed by atoms with Crippen molar-refractivity contribution < 1.29 is 14.3 Å². The molecule has 100 valence electrons. The van der Waals surface area contributed by atoms with Gasteiger partial charge < -0.3 is 14.8 Å². The molecule has 0 spiro atoms.